The minimum Gasteiger partial charge on any atom is -0.469 e. The molecule has 0 unspecified atom stereocenters. The van der Waals surface area contributed by atoms with Crippen molar-refractivity contribution in [1.29, 1.82) is 0 Å². The van der Waals surface area contributed by atoms with Gasteiger partial charge >= 0.3 is 5.97 Å². The van der Waals surface area contributed by atoms with Gasteiger partial charge in [-0.25, -0.2) is 0 Å². The zero-order valence-corrected chi connectivity index (χ0v) is 8.84. The van der Waals surface area contributed by atoms with E-state index < -0.39 is 0 Å². The Balaban J connectivity index is 3.14. The van der Waals surface area contributed by atoms with Gasteiger partial charge in [-0.3, -0.25) is 4.79 Å². The van der Waals surface area contributed by atoms with E-state index in [9.17, 15) is 4.79 Å². The molecule has 0 N–H and O–H groups in total. The van der Waals surface area contributed by atoms with E-state index >= 15 is 0 Å². The molecule has 3 heteroatoms. The Labute approximate surface area is 81.1 Å². The van der Waals surface area contributed by atoms with Crippen molar-refractivity contribution in [3.63, 3.8) is 0 Å². The first-order valence-electron chi connectivity index (χ1n) is 3.59. The van der Waals surface area contributed by atoms with E-state index in [1.807, 2.05) is 0 Å². The van der Waals surface area contributed by atoms with Crippen LogP contribution in [0, 0.1) is 0 Å². The van der Waals surface area contributed by atoms with Crippen LogP contribution in [-0.4, -0.2) is 17.5 Å². The monoisotopic (exact) mass is 268 g/mol. The lowest BCUT2D eigenvalue weighted by Crippen LogP contribution is -1.98. The van der Waals surface area contributed by atoms with Crippen LogP contribution in [0.3, 0.4) is 0 Å². The van der Waals surface area contributed by atoms with Crippen LogP contribution in [0.1, 0.15) is 19.3 Å². The maximum Gasteiger partial charge on any atom is 0.305 e. The highest BCUT2D eigenvalue weighted by Crippen LogP contribution is 1.98. The van der Waals surface area contributed by atoms with Crippen molar-refractivity contribution in [3.8, 4) is 0 Å². The van der Waals surface area contributed by atoms with E-state index in [4.69, 9.17) is 0 Å². The number of esters is 1. The van der Waals surface area contributed by atoms with Gasteiger partial charge in [0.2, 0.25) is 0 Å². The molecule has 0 saturated heterocycles. The summed E-state index contributed by atoms with van der Waals surface area (Å²) in [6.45, 7) is 0. The molecule has 0 atom stereocenters. The van der Waals surface area contributed by atoms with E-state index in [-0.39, 0.29) is 5.97 Å². The van der Waals surface area contributed by atoms with Crippen molar-refractivity contribution < 1.29 is 9.53 Å². The zero-order valence-electron chi connectivity index (χ0n) is 6.68. The van der Waals surface area contributed by atoms with E-state index in [1.54, 1.807) is 0 Å². The number of allylic oxidation sites excluding steroid dienone is 2. The average Bonchev–Trinajstić information content (AvgIpc) is 2.04. The summed E-state index contributed by atoms with van der Waals surface area (Å²) in [7, 11) is 1.42. The third-order valence-corrected chi connectivity index (χ3v) is 1.74. The Morgan fingerprint density at radius 2 is 2.27 bits per heavy atom. The topological polar surface area (TPSA) is 26.3 Å². The number of rotatable bonds is 5. The van der Waals surface area contributed by atoms with E-state index in [0.29, 0.717) is 6.42 Å². The minimum atomic E-state index is -0.118. The number of halogens is 1. The molecule has 0 saturated carbocycles. The molecule has 0 aliphatic carbocycles. The molecule has 0 amide bonds. The highest BCUT2D eigenvalue weighted by molar-refractivity contribution is 14.1. The van der Waals surface area contributed by atoms with Crippen molar-refractivity contribution in [2.24, 2.45) is 0 Å². The van der Waals surface area contributed by atoms with Gasteiger partial charge < -0.3 is 4.74 Å². The van der Waals surface area contributed by atoms with Crippen LogP contribution in [-0.2, 0) is 9.53 Å². The zero-order chi connectivity index (χ0) is 8.53. The molecule has 0 fully saturated rings. The summed E-state index contributed by atoms with van der Waals surface area (Å²) in [5, 5.41) is 0. The lowest BCUT2D eigenvalue weighted by Gasteiger charge is -1.94. The number of carbonyl (C=O) groups excluding carboxylic acids is 1. The van der Waals surface area contributed by atoms with Gasteiger partial charge in [0, 0.05) is 10.8 Å². The molecule has 0 rings (SSSR count). The standard InChI is InChI=1S/C8H13IO2/c1-11-8(10)6-4-2-3-5-7-9/h3,5H,2,4,6-7H2,1H3/b5-3+. The average molecular weight is 268 g/mol. The second-order valence-electron chi connectivity index (χ2n) is 2.09. The lowest BCUT2D eigenvalue weighted by molar-refractivity contribution is -0.140. The van der Waals surface area contributed by atoms with Crippen LogP contribution in [0.5, 0.6) is 0 Å². The summed E-state index contributed by atoms with van der Waals surface area (Å²) in [5.41, 5.74) is 0. The van der Waals surface area contributed by atoms with Crippen molar-refractivity contribution >= 4 is 28.6 Å². The second-order valence-corrected chi connectivity index (χ2v) is 2.97. The van der Waals surface area contributed by atoms with Crippen LogP contribution >= 0.6 is 22.6 Å². The summed E-state index contributed by atoms with van der Waals surface area (Å²) in [5.74, 6) is -0.118. The van der Waals surface area contributed by atoms with Gasteiger partial charge in [0.1, 0.15) is 0 Å². The number of unbranched alkanes of at least 4 members (excludes halogenated alkanes) is 1. The molecular formula is C8H13IO2. The summed E-state index contributed by atoms with van der Waals surface area (Å²) < 4.78 is 5.53. The molecule has 0 aliphatic rings. The van der Waals surface area contributed by atoms with Crippen LogP contribution in [0.4, 0.5) is 0 Å². The SMILES string of the molecule is COC(=O)CCC/C=C/CI. The lowest BCUT2D eigenvalue weighted by atomic mass is 10.2. The molecule has 0 aromatic carbocycles. The Bertz CT molecular complexity index is 132. The van der Waals surface area contributed by atoms with Crippen LogP contribution in [0.15, 0.2) is 12.2 Å². The quantitative estimate of drug-likeness (QED) is 0.251. The second kappa shape index (κ2) is 8.04. The van der Waals surface area contributed by atoms with Gasteiger partial charge in [0.15, 0.2) is 0 Å². The Morgan fingerprint density at radius 3 is 2.82 bits per heavy atom. The van der Waals surface area contributed by atoms with Gasteiger partial charge in [0.25, 0.3) is 0 Å². The molecule has 0 aromatic rings. The first kappa shape index (κ1) is 10.9. The minimum absolute atomic E-state index is 0.118. The largest absolute Gasteiger partial charge is 0.469 e. The number of hydrogen-bond donors (Lipinski definition) is 0. The van der Waals surface area contributed by atoms with Crippen LogP contribution in [0.2, 0.25) is 0 Å². The number of ether oxygens (including phenoxy) is 1. The predicted octanol–water partition coefficient (Wildman–Crippen LogP) is 2.32. The van der Waals surface area contributed by atoms with Crippen LogP contribution in [0.25, 0.3) is 0 Å². The van der Waals surface area contributed by atoms with Crippen molar-refractivity contribution in [2.75, 3.05) is 11.5 Å². The van der Waals surface area contributed by atoms with Crippen LogP contribution < -0.4 is 0 Å². The van der Waals surface area contributed by atoms with Crippen molar-refractivity contribution in [3.05, 3.63) is 12.2 Å². The third kappa shape index (κ3) is 7.84. The summed E-state index contributed by atoms with van der Waals surface area (Å²) in [6.07, 6.45) is 6.58. The van der Waals surface area contributed by atoms with Crippen molar-refractivity contribution in [1.82, 2.24) is 0 Å². The predicted molar refractivity (Wildman–Crippen MR) is 53.9 cm³/mol. The fourth-order valence-corrected chi connectivity index (χ4v) is 1.01. The highest BCUT2D eigenvalue weighted by atomic mass is 127. The highest BCUT2D eigenvalue weighted by Gasteiger charge is 1.96. The van der Waals surface area contributed by atoms with E-state index in [1.165, 1.54) is 7.11 Å². The molecule has 0 bridgehead atoms. The van der Waals surface area contributed by atoms with Gasteiger partial charge in [-0.2, -0.15) is 0 Å². The molecular weight excluding hydrogens is 255 g/mol. The van der Waals surface area contributed by atoms with E-state index in [2.05, 4.69) is 39.5 Å². The maximum absolute atomic E-state index is 10.6. The van der Waals surface area contributed by atoms with Gasteiger partial charge in [0.05, 0.1) is 7.11 Å². The fraction of sp³-hybridized carbons (Fsp3) is 0.625. The molecule has 0 aliphatic heterocycles. The molecule has 0 heterocycles. The number of carbonyl (C=O) groups is 1. The molecule has 11 heavy (non-hydrogen) atoms. The van der Waals surface area contributed by atoms with Gasteiger partial charge in [-0.05, 0) is 12.8 Å². The Morgan fingerprint density at radius 1 is 1.55 bits per heavy atom. The first-order chi connectivity index (χ1) is 5.31. The first-order valence-corrected chi connectivity index (χ1v) is 5.11. The Kier molecular flexibility index (Phi) is 8.00. The number of hydrogen-bond acceptors (Lipinski definition) is 2. The Hall–Kier alpha value is -0.0600. The fourth-order valence-electron chi connectivity index (χ4n) is 0.647. The molecule has 0 aromatic heterocycles. The van der Waals surface area contributed by atoms with Crippen molar-refractivity contribution in [2.45, 2.75) is 19.3 Å². The third-order valence-electron chi connectivity index (χ3n) is 1.24. The molecule has 0 radical (unpaired) electrons. The molecule has 0 spiro atoms. The van der Waals surface area contributed by atoms with Gasteiger partial charge in [-0.1, -0.05) is 34.7 Å². The summed E-state index contributed by atoms with van der Waals surface area (Å²) in [6, 6.07) is 0. The molecule has 64 valence electrons. The summed E-state index contributed by atoms with van der Waals surface area (Å²) in [4.78, 5) is 10.6. The van der Waals surface area contributed by atoms with E-state index in [0.717, 1.165) is 17.3 Å². The maximum atomic E-state index is 10.6. The summed E-state index contributed by atoms with van der Waals surface area (Å²) >= 11 is 2.28. The van der Waals surface area contributed by atoms with Gasteiger partial charge in [-0.15, -0.1) is 0 Å². The smallest absolute Gasteiger partial charge is 0.305 e. The molecule has 2 nitrogen and oxygen atoms in total. The normalized spacial score (nSPS) is 10.4. The number of methoxy groups -OCH3 is 1. The number of alkyl halides is 1.